The summed E-state index contributed by atoms with van der Waals surface area (Å²) < 4.78 is 5.05. The average Bonchev–Trinajstić information content (AvgIpc) is 2.59. The summed E-state index contributed by atoms with van der Waals surface area (Å²) in [6.07, 6.45) is 2.41. The first kappa shape index (κ1) is 8.97. The predicted octanol–water partition coefficient (Wildman–Crippen LogP) is 1.60. The maximum absolute atomic E-state index is 8.80. The van der Waals surface area contributed by atoms with Crippen LogP contribution in [-0.2, 0) is 6.42 Å². The van der Waals surface area contributed by atoms with Gasteiger partial charge in [0.05, 0.1) is 18.4 Å². The van der Waals surface area contributed by atoms with Crippen LogP contribution in [0.1, 0.15) is 11.3 Å². The first-order valence-electron chi connectivity index (χ1n) is 3.97. The van der Waals surface area contributed by atoms with Gasteiger partial charge in [-0.3, -0.25) is 0 Å². The zero-order valence-electron chi connectivity index (χ0n) is 7.41. The average molecular weight is 208 g/mol. The van der Waals surface area contributed by atoms with Crippen LogP contribution in [0, 0.1) is 11.3 Å². The monoisotopic (exact) mass is 207 g/mol. The van der Waals surface area contributed by atoms with Crippen molar-refractivity contribution in [1.82, 2.24) is 9.97 Å². The summed E-state index contributed by atoms with van der Waals surface area (Å²) in [6, 6.07) is 2.06. The lowest BCUT2D eigenvalue weighted by molar-refractivity contribution is 0.392. The van der Waals surface area contributed by atoms with Crippen LogP contribution in [0.3, 0.4) is 0 Å². The fraction of sp³-hybridized carbons (Fsp3) is 0.222. The van der Waals surface area contributed by atoms with Crippen LogP contribution in [-0.4, -0.2) is 17.1 Å². The molecule has 0 spiro atoms. The molecule has 0 amide bonds. The lowest BCUT2D eigenvalue weighted by Gasteiger charge is -2.05. The number of aromatic nitrogens is 2. The molecule has 14 heavy (non-hydrogen) atoms. The minimum Gasteiger partial charge on any atom is -0.481 e. The fourth-order valence-electron chi connectivity index (χ4n) is 1.41. The normalized spacial score (nSPS) is 13.1. The molecule has 1 aliphatic carbocycles. The lowest BCUT2D eigenvalue weighted by atomic mass is 10.2. The molecule has 0 bridgehead atoms. The molecule has 1 heterocycles. The Hall–Kier alpha value is -1.60. The molecule has 0 saturated heterocycles. The van der Waals surface area contributed by atoms with Crippen LogP contribution in [0.2, 0.25) is 5.28 Å². The molecule has 0 unspecified atom stereocenters. The Kier molecular flexibility index (Phi) is 2.10. The lowest BCUT2D eigenvalue weighted by Crippen LogP contribution is -1.99. The molecule has 1 aliphatic rings. The second-order valence-electron chi connectivity index (χ2n) is 2.76. The van der Waals surface area contributed by atoms with E-state index in [9.17, 15) is 0 Å². The summed E-state index contributed by atoms with van der Waals surface area (Å²) in [6.45, 7) is 0. The SMILES string of the molecule is COc1nc(Cl)nc2c1CC=C2C#N. The van der Waals surface area contributed by atoms with E-state index in [4.69, 9.17) is 21.6 Å². The highest BCUT2D eigenvalue weighted by Gasteiger charge is 2.21. The number of methoxy groups -OCH3 is 1. The Labute approximate surface area is 85.8 Å². The van der Waals surface area contributed by atoms with Gasteiger partial charge in [-0.15, -0.1) is 0 Å². The number of nitrogens with zero attached hydrogens (tertiary/aromatic N) is 3. The highest BCUT2D eigenvalue weighted by molar-refractivity contribution is 6.28. The molecule has 0 saturated carbocycles. The zero-order valence-corrected chi connectivity index (χ0v) is 8.17. The van der Waals surface area contributed by atoms with Crippen molar-refractivity contribution in [3.05, 3.63) is 22.6 Å². The summed E-state index contributed by atoms with van der Waals surface area (Å²) in [7, 11) is 1.52. The maximum Gasteiger partial charge on any atom is 0.226 e. The predicted molar refractivity (Wildman–Crippen MR) is 50.9 cm³/mol. The van der Waals surface area contributed by atoms with Gasteiger partial charge in [0.2, 0.25) is 11.2 Å². The Morgan fingerprint density at radius 1 is 1.57 bits per heavy atom. The molecule has 0 fully saturated rings. The zero-order chi connectivity index (χ0) is 10.1. The second kappa shape index (κ2) is 3.28. The number of ether oxygens (including phenoxy) is 1. The molecular formula is C9H6ClN3O. The summed E-state index contributed by atoms with van der Waals surface area (Å²) >= 11 is 5.69. The Morgan fingerprint density at radius 2 is 2.36 bits per heavy atom. The summed E-state index contributed by atoms with van der Waals surface area (Å²) in [5, 5.41) is 8.91. The van der Waals surface area contributed by atoms with E-state index in [1.807, 2.05) is 0 Å². The molecule has 2 rings (SSSR count). The van der Waals surface area contributed by atoms with Gasteiger partial charge in [-0.25, -0.2) is 4.98 Å². The minimum absolute atomic E-state index is 0.101. The summed E-state index contributed by atoms with van der Waals surface area (Å²) in [5.41, 5.74) is 1.94. The van der Waals surface area contributed by atoms with Gasteiger partial charge in [0.15, 0.2) is 0 Å². The number of allylic oxidation sites excluding steroid dienone is 2. The van der Waals surface area contributed by atoms with E-state index in [1.165, 1.54) is 7.11 Å². The van der Waals surface area contributed by atoms with Crippen LogP contribution in [0.5, 0.6) is 5.88 Å². The number of hydrogen-bond donors (Lipinski definition) is 0. The number of nitriles is 1. The van der Waals surface area contributed by atoms with Crippen LogP contribution < -0.4 is 4.74 Å². The van der Waals surface area contributed by atoms with E-state index in [0.717, 1.165) is 5.56 Å². The van der Waals surface area contributed by atoms with Crippen molar-refractivity contribution in [1.29, 1.82) is 5.26 Å². The van der Waals surface area contributed by atoms with Gasteiger partial charge in [0.1, 0.15) is 6.07 Å². The van der Waals surface area contributed by atoms with Gasteiger partial charge in [-0.05, 0) is 18.0 Å². The van der Waals surface area contributed by atoms with Crippen molar-refractivity contribution in [3.8, 4) is 11.9 Å². The van der Waals surface area contributed by atoms with Gasteiger partial charge < -0.3 is 4.74 Å². The maximum atomic E-state index is 8.80. The van der Waals surface area contributed by atoms with Crippen molar-refractivity contribution in [2.24, 2.45) is 0 Å². The van der Waals surface area contributed by atoms with E-state index in [-0.39, 0.29) is 5.28 Å². The van der Waals surface area contributed by atoms with E-state index >= 15 is 0 Å². The third-order valence-electron chi connectivity index (χ3n) is 2.02. The first-order valence-corrected chi connectivity index (χ1v) is 4.35. The number of hydrogen-bond acceptors (Lipinski definition) is 4. The number of halogens is 1. The molecule has 5 heteroatoms. The fourth-order valence-corrected chi connectivity index (χ4v) is 1.57. The third kappa shape index (κ3) is 1.22. The van der Waals surface area contributed by atoms with Crippen LogP contribution in [0.4, 0.5) is 0 Å². The van der Waals surface area contributed by atoms with Crippen LogP contribution >= 0.6 is 11.6 Å². The highest BCUT2D eigenvalue weighted by Crippen LogP contribution is 2.31. The second-order valence-corrected chi connectivity index (χ2v) is 3.10. The van der Waals surface area contributed by atoms with Crippen molar-refractivity contribution >= 4 is 17.2 Å². The quantitative estimate of drug-likeness (QED) is 0.657. The van der Waals surface area contributed by atoms with E-state index in [2.05, 4.69) is 16.0 Å². The van der Waals surface area contributed by atoms with Crippen molar-refractivity contribution in [2.45, 2.75) is 6.42 Å². The summed E-state index contributed by atoms with van der Waals surface area (Å²) in [5.74, 6) is 0.446. The molecule has 1 aromatic rings. The topological polar surface area (TPSA) is 58.8 Å². The Balaban J connectivity index is 2.62. The highest BCUT2D eigenvalue weighted by atomic mass is 35.5. The van der Waals surface area contributed by atoms with Crippen LogP contribution in [0.15, 0.2) is 6.08 Å². The Bertz CT molecular complexity index is 462. The van der Waals surface area contributed by atoms with Gasteiger partial charge in [0, 0.05) is 5.56 Å². The molecule has 0 radical (unpaired) electrons. The van der Waals surface area contributed by atoms with Crippen molar-refractivity contribution < 1.29 is 4.74 Å². The number of fused-ring (bicyclic) bond motifs is 1. The molecule has 1 aromatic heterocycles. The minimum atomic E-state index is 0.101. The standard InChI is InChI=1S/C9H6ClN3O/c1-14-8-6-3-2-5(4-11)7(6)12-9(10)13-8/h2H,3H2,1H3. The molecular weight excluding hydrogens is 202 g/mol. The molecule has 0 aromatic carbocycles. The summed E-state index contributed by atoms with van der Waals surface area (Å²) in [4.78, 5) is 7.92. The molecule has 70 valence electrons. The smallest absolute Gasteiger partial charge is 0.226 e. The van der Waals surface area contributed by atoms with Gasteiger partial charge in [-0.2, -0.15) is 10.2 Å². The van der Waals surface area contributed by atoms with E-state index in [1.54, 1.807) is 6.08 Å². The Morgan fingerprint density at radius 3 is 3.00 bits per heavy atom. The number of rotatable bonds is 1. The first-order chi connectivity index (χ1) is 6.76. The van der Waals surface area contributed by atoms with Gasteiger partial charge >= 0.3 is 0 Å². The molecule has 4 nitrogen and oxygen atoms in total. The van der Waals surface area contributed by atoms with E-state index in [0.29, 0.717) is 23.6 Å². The van der Waals surface area contributed by atoms with Crippen LogP contribution in [0.25, 0.3) is 5.57 Å². The van der Waals surface area contributed by atoms with Gasteiger partial charge in [0.25, 0.3) is 0 Å². The van der Waals surface area contributed by atoms with Crippen molar-refractivity contribution in [2.75, 3.05) is 7.11 Å². The molecule has 0 aliphatic heterocycles. The molecule has 0 atom stereocenters. The van der Waals surface area contributed by atoms with Gasteiger partial charge in [-0.1, -0.05) is 6.08 Å². The molecule has 0 N–H and O–H groups in total. The third-order valence-corrected chi connectivity index (χ3v) is 2.19. The largest absolute Gasteiger partial charge is 0.481 e. The van der Waals surface area contributed by atoms with Crippen molar-refractivity contribution in [3.63, 3.8) is 0 Å². The van der Waals surface area contributed by atoms with E-state index < -0.39 is 0 Å².